The van der Waals surface area contributed by atoms with Crippen LogP contribution < -0.4 is 15.4 Å². The minimum atomic E-state index is -0.174. The van der Waals surface area contributed by atoms with Crippen LogP contribution in [0.25, 0.3) is 0 Å². The van der Waals surface area contributed by atoms with Gasteiger partial charge in [0.25, 0.3) is 5.91 Å². The van der Waals surface area contributed by atoms with Crippen LogP contribution in [0.15, 0.2) is 48.5 Å². The fourth-order valence-electron chi connectivity index (χ4n) is 4.04. The van der Waals surface area contributed by atoms with E-state index in [0.29, 0.717) is 23.6 Å². The Bertz CT molecular complexity index is 904. The smallest absolute Gasteiger partial charge is 0.253 e. The highest BCUT2D eigenvalue weighted by atomic mass is 16.5. The Hall–Kier alpha value is -3.06. The number of benzene rings is 2. The lowest BCUT2D eigenvalue weighted by Crippen LogP contribution is -2.35. The van der Waals surface area contributed by atoms with Gasteiger partial charge in [-0.1, -0.05) is 12.1 Å². The maximum Gasteiger partial charge on any atom is 0.253 e. The first-order chi connectivity index (χ1) is 15.7. The predicted molar refractivity (Wildman–Crippen MR) is 124 cm³/mol. The van der Waals surface area contributed by atoms with Crippen LogP contribution in [0.2, 0.25) is 0 Å². The molecular formula is C25H31N3O4. The number of anilines is 2. The number of amides is 2. The fourth-order valence-corrected chi connectivity index (χ4v) is 4.04. The molecule has 170 valence electrons. The van der Waals surface area contributed by atoms with Crippen molar-refractivity contribution >= 4 is 23.2 Å². The van der Waals surface area contributed by atoms with Crippen molar-refractivity contribution in [3.8, 4) is 5.75 Å². The molecule has 2 N–H and O–H groups in total. The SMILES string of the molecule is O=C(CNc1ccc(C(=O)N2CCCCC2)cc1)Nc1ccccc1OCC1CCCO1. The van der Waals surface area contributed by atoms with Gasteiger partial charge in [-0.25, -0.2) is 0 Å². The summed E-state index contributed by atoms with van der Waals surface area (Å²) in [5, 5.41) is 6.01. The molecule has 4 rings (SSSR count). The van der Waals surface area contributed by atoms with E-state index < -0.39 is 0 Å². The summed E-state index contributed by atoms with van der Waals surface area (Å²) in [6.07, 6.45) is 5.52. The first-order valence-electron chi connectivity index (χ1n) is 11.5. The van der Waals surface area contributed by atoms with Gasteiger partial charge in [-0.15, -0.1) is 0 Å². The summed E-state index contributed by atoms with van der Waals surface area (Å²) >= 11 is 0. The lowest BCUT2D eigenvalue weighted by Gasteiger charge is -2.26. The Labute approximate surface area is 189 Å². The van der Waals surface area contributed by atoms with Crippen molar-refractivity contribution in [3.05, 3.63) is 54.1 Å². The van der Waals surface area contributed by atoms with E-state index in [1.165, 1.54) is 6.42 Å². The summed E-state index contributed by atoms with van der Waals surface area (Å²) in [6.45, 7) is 3.04. The lowest BCUT2D eigenvalue weighted by molar-refractivity contribution is -0.114. The summed E-state index contributed by atoms with van der Waals surface area (Å²) in [6, 6.07) is 14.7. The second-order valence-electron chi connectivity index (χ2n) is 8.27. The lowest BCUT2D eigenvalue weighted by atomic mass is 10.1. The molecule has 2 aliphatic heterocycles. The molecule has 2 amide bonds. The molecular weight excluding hydrogens is 406 g/mol. The number of nitrogens with one attached hydrogen (secondary N) is 2. The summed E-state index contributed by atoms with van der Waals surface area (Å²) in [4.78, 5) is 27.0. The second-order valence-corrected chi connectivity index (χ2v) is 8.27. The molecule has 7 heteroatoms. The number of ether oxygens (including phenoxy) is 2. The first kappa shape index (κ1) is 22.1. The summed E-state index contributed by atoms with van der Waals surface area (Å²) < 4.78 is 11.5. The molecule has 2 heterocycles. The molecule has 0 spiro atoms. The van der Waals surface area contributed by atoms with Gasteiger partial charge in [0.2, 0.25) is 5.91 Å². The monoisotopic (exact) mass is 437 g/mol. The van der Waals surface area contributed by atoms with E-state index in [4.69, 9.17) is 9.47 Å². The fraction of sp³-hybridized carbons (Fsp3) is 0.440. The molecule has 2 fully saturated rings. The van der Waals surface area contributed by atoms with Gasteiger partial charge in [0.15, 0.2) is 0 Å². The first-order valence-corrected chi connectivity index (χ1v) is 11.5. The third-order valence-corrected chi connectivity index (χ3v) is 5.84. The molecule has 1 atom stereocenters. The molecule has 0 saturated carbocycles. The Balaban J connectivity index is 1.26. The summed E-state index contributed by atoms with van der Waals surface area (Å²) in [5.74, 6) is 0.539. The van der Waals surface area contributed by atoms with Crippen LogP contribution in [-0.4, -0.2) is 55.7 Å². The maximum atomic E-state index is 12.6. The van der Waals surface area contributed by atoms with E-state index in [0.717, 1.165) is 51.1 Å². The zero-order valence-electron chi connectivity index (χ0n) is 18.3. The highest BCUT2D eigenvalue weighted by molar-refractivity contribution is 5.96. The Kier molecular flexibility index (Phi) is 7.61. The maximum absolute atomic E-state index is 12.6. The van der Waals surface area contributed by atoms with Gasteiger partial charge in [0.05, 0.1) is 18.3 Å². The quantitative estimate of drug-likeness (QED) is 0.654. The Morgan fingerprint density at radius 1 is 1.00 bits per heavy atom. The van der Waals surface area contributed by atoms with Crippen molar-refractivity contribution in [2.45, 2.75) is 38.2 Å². The third-order valence-electron chi connectivity index (χ3n) is 5.84. The van der Waals surface area contributed by atoms with E-state index in [-0.39, 0.29) is 24.5 Å². The van der Waals surface area contributed by atoms with E-state index >= 15 is 0 Å². The van der Waals surface area contributed by atoms with Crippen LogP contribution >= 0.6 is 0 Å². The molecule has 0 radical (unpaired) electrons. The summed E-state index contributed by atoms with van der Waals surface area (Å²) in [7, 11) is 0. The number of carbonyl (C=O) groups excluding carboxylic acids is 2. The molecule has 32 heavy (non-hydrogen) atoms. The molecule has 0 aliphatic carbocycles. The van der Waals surface area contributed by atoms with E-state index in [1.807, 2.05) is 53.4 Å². The normalized spacial score (nSPS) is 18.2. The van der Waals surface area contributed by atoms with Crippen molar-refractivity contribution < 1.29 is 19.1 Å². The van der Waals surface area contributed by atoms with Gasteiger partial charge in [0.1, 0.15) is 12.4 Å². The van der Waals surface area contributed by atoms with Gasteiger partial charge >= 0.3 is 0 Å². The molecule has 2 aromatic rings. The van der Waals surface area contributed by atoms with Crippen LogP contribution in [0, 0.1) is 0 Å². The number of para-hydroxylation sites is 2. The average molecular weight is 438 g/mol. The molecule has 2 saturated heterocycles. The van der Waals surface area contributed by atoms with Crippen molar-refractivity contribution in [2.75, 3.05) is 43.5 Å². The molecule has 1 unspecified atom stereocenters. The standard InChI is InChI=1S/C25H31N3O4/c29-24(27-22-8-2-3-9-23(22)32-18-21-7-6-16-31-21)17-26-20-12-10-19(11-13-20)25(30)28-14-4-1-5-15-28/h2-3,8-13,21,26H,1,4-7,14-18H2,(H,27,29). The zero-order valence-corrected chi connectivity index (χ0v) is 18.3. The minimum absolute atomic E-state index is 0.0774. The van der Waals surface area contributed by atoms with Crippen LogP contribution in [-0.2, 0) is 9.53 Å². The molecule has 2 aliphatic rings. The number of rotatable bonds is 8. The van der Waals surface area contributed by atoms with Crippen molar-refractivity contribution in [1.82, 2.24) is 4.90 Å². The largest absolute Gasteiger partial charge is 0.489 e. The van der Waals surface area contributed by atoms with Crippen LogP contribution in [0.1, 0.15) is 42.5 Å². The molecule has 0 bridgehead atoms. The van der Waals surface area contributed by atoms with Gasteiger partial charge in [0, 0.05) is 30.9 Å². The number of hydrogen-bond donors (Lipinski definition) is 2. The van der Waals surface area contributed by atoms with Gasteiger partial charge in [-0.3, -0.25) is 9.59 Å². The highest BCUT2D eigenvalue weighted by Crippen LogP contribution is 2.25. The highest BCUT2D eigenvalue weighted by Gasteiger charge is 2.18. The number of likely N-dealkylation sites (tertiary alicyclic amines) is 1. The number of carbonyl (C=O) groups is 2. The molecule has 2 aromatic carbocycles. The minimum Gasteiger partial charge on any atom is -0.489 e. The van der Waals surface area contributed by atoms with Crippen LogP contribution in [0.4, 0.5) is 11.4 Å². The van der Waals surface area contributed by atoms with E-state index in [9.17, 15) is 9.59 Å². The topological polar surface area (TPSA) is 79.9 Å². The average Bonchev–Trinajstić information content (AvgIpc) is 3.36. The van der Waals surface area contributed by atoms with Crippen molar-refractivity contribution in [1.29, 1.82) is 0 Å². The number of nitrogens with zero attached hydrogens (tertiary/aromatic N) is 1. The third kappa shape index (κ3) is 6.01. The number of hydrogen-bond acceptors (Lipinski definition) is 5. The Morgan fingerprint density at radius 3 is 2.53 bits per heavy atom. The van der Waals surface area contributed by atoms with Gasteiger partial charge in [-0.05, 0) is 68.5 Å². The zero-order chi connectivity index (χ0) is 22.2. The van der Waals surface area contributed by atoms with Crippen molar-refractivity contribution in [3.63, 3.8) is 0 Å². The van der Waals surface area contributed by atoms with Gasteiger partial charge < -0.3 is 25.0 Å². The second kappa shape index (κ2) is 11.0. The van der Waals surface area contributed by atoms with E-state index in [1.54, 1.807) is 0 Å². The Morgan fingerprint density at radius 2 is 1.78 bits per heavy atom. The van der Waals surface area contributed by atoms with Crippen LogP contribution in [0.5, 0.6) is 5.75 Å². The van der Waals surface area contributed by atoms with Gasteiger partial charge in [-0.2, -0.15) is 0 Å². The summed E-state index contributed by atoms with van der Waals surface area (Å²) in [5.41, 5.74) is 2.11. The molecule has 7 nitrogen and oxygen atoms in total. The predicted octanol–water partition coefficient (Wildman–Crippen LogP) is 3.92. The van der Waals surface area contributed by atoms with Crippen LogP contribution in [0.3, 0.4) is 0 Å². The van der Waals surface area contributed by atoms with E-state index in [2.05, 4.69) is 10.6 Å². The molecule has 0 aromatic heterocycles. The van der Waals surface area contributed by atoms with Crippen molar-refractivity contribution in [2.24, 2.45) is 0 Å². The number of piperidine rings is 1.